The van der Waals surface area contributed by atoms with Crippen LogP contribution < -0.4 is 10.6 Å². The molecule has 2 N–H and O–H groups in total. The maximum atomic E-state index is 11.5. The number of amides is 1. The van der Waals surface area contributed by atoms with Crippen LogP contribution in [0, 0.1) is 0 Å². The quantitative estimate of drug-likeness (QED) is 0.598. The maximum Gasteiger partial charge on any atom is 0.328 e. The molecule has 5 nitrogen and oxygen atoms in total. The molecule has 1 rings (SSSR count). The highest BCUT2D eigenvalue weighted by molar-refractivity contribution is 5.87. The van der Waals surface area contributed by atoms with Crippen LogP contribution in [0.1, 0.15) is 19.8 Å². The summed E-state index contributed by atoms with van der Waals surface area (Å²) in [6.45, 7) is 2.48. The Labute approximate surface area is 83.2 Å². The number of esters is 1. The molecule has 2 atom stereocenters. The summed E-state index contributed by atoms with van der Waals surface area (Å²) in [6.07, 6.45) is 1.84. The van der Waals surface area contributed by atoms with Crippen molar-refractivity contribution in [2.75, 3.05) is 13.7 Å². The van der Waals surface area contributed by atoms with Gasteiger partial charge in [-0.3, -0.25) is 4.79 Å². The third-order valence-electron chi connectivity index (χ3n) is 2.29. The molecule has 0 aromatic heterocycles. The van der Waals surface area contributed by atoms with Crippen molar-refractivity contribution < 1.29 is 14.3 Å². The molecule has 5 heteroatoms. The van der Waals surface area contributed by atoms with Gasteiger partial charge in [0.2, 0.25) is 5.91 Å². The molecule has 1 saturated heterocycles. The first-order chi connectivity index (χ1) is 6.65. The van der Waals surface area contributed by atoms with Crippen LogP contribution in [0.25, 0.3) is 0 Å². The Morgan fingerprint density at radius 2 is 2.29 bits per heavy atom. The summed E-state index contributed by atoms with van der Waals surface area (Å²) < 4.78 is 4.50. The first-order valence-electron chi connectivity index (χ1n) is 4.76. The fourth-order valence-electron chi connectivity index (χ4n) is 1.46. The molecule has 80 valence electrons. The zero-order chi connectivity index (χ0) is 10.6. The van der Waals surface area contributed by atoms with E-state index < -0.39 is 12.0 Å². The van der Waals surface area contributed by atoms with Gasteiger partial charge in [0, 0.05) is 0 Å². The average Bonchev–Trinajstić information content (AvgIpc) is 2.69. The van der Waals surface area contributed by atoms with Gasteiger partial charge in [0.15, 0.2) is 0 Å². The lowest BCUT2D eigenvalue weighted by Crippen LogP contribution is -2.47. The Morgan fingerprint density at radius 1 is 1.57 bits per heavy atom. The van der Waals surface area contributed by atoms with Gasteiger partial charge in [-0.1, -0.05) is 0 Å². The predicted molar refractivity (Wildman–Crippen MR) is 50.6 cm³/mol. The lowest BCUT2D eigenvalue weighted by molar-refractivity contribution is -0.144. The van der Waals surface area contributed by atoms with Crippen molar-refractivity contribution in [1.29, 1.82) is 0 Å². The number of hydrogen-bond acceptors (Lipinski definition) is 4. The summed E-state index contributed by atoms with van der Waals surface area (Å²) >= 11 is 0. The molecule has 0 spiro atoms. The minimum absolute atomic E-state index is 0.125. The summed E-state index contributed by atoms with van der Waals surface area (Å²) in [6, 6.07) is -0.725. The molecule has 0 saturated carbocycles. The predicted octanol–water partition coefficient (Wildman–Crippen LogP) is -0.584. The Kier molecular flexibility index (Phi) is 3.88. The molecule has 0 bridgehead atoms. The van der Waals surface area contributed by atoms with E-state index in [1.807, 2.05) is 0 Å². The first kappa shape index (κ1) is 11.0. The number of methoxy groups -OCH3 is 1. The topological polar surface area (TPSA) is 67.4 Å². The highest BCUT2D eigenvalue weighted by Crippen LogP contribution is 2.04. The monoisotopic (exact) mass is 200 g/mol. The molecule has 0 radical (unpaired) electrons. The van der Waals surface area contributed by atoms with Crippen molar-refractivity contribution in [3.05, 3.63) is 0 Å². The van der Waals surface area contributed by atoms with Gasteiger partial charge in [-0.05, 0) is 26.3 Å². The molecule has 0 aliphatic carbocycles. The summed E-state index contributed by atoms with van der Waals surface area (Å²) in [5, 5.41) is 5.65. The Hall–Kier alpha value is -1.10. The molecule has 1 amide bonds. The number of ether oxygens (including phenoxy) is 1. The van der Waals surface area contributed by atoms with Gasteiger partial charge in [0.05, 0.1) is 13.2 Å². The minimum atomic E-state index is -0.574. The summed E-state index contributed by atoms with van der Waals surface area (Å²) in [7, 11) is 1.30. The van der Waals surface area contributed by atoms with Crippen molar-refractivity contribution in [3.8, 4) is 0 Å². The molecule has 1 fully saturated rings. The zero-order valence-electron chi connectivity index (χ0n) is 8.50. The maximum absolute atomic E-state index is 11.5. The molecular formula is C9H16N2O3. The van der Waals surface area contributed by atoms with Gasteiger partial charge in [-0.25, -0.2) is 4.79 Å². The van der Waals surface area contributed by atoms with Crippen molar-refractivity contribution in [3.63, 3.8) is 0 Å². The number of hydrogen-bond donors (Lipinski definition) is 2. The SMILES string of the molecule is COC(=O)[C@@H](C)NC(=O)[C@H]1CCCN1. The lowest BCUT2D eigenvalue weighted by atomic mass is 10.2. The summed E-state index contributed by atoms with van der Waals surface area (Å²) in [4.78, 5) is 22.5. The van der Waals surface area contributed by atoms with Crippen LogP contribution in [0.4, 0.5) is 0 Å². The van der Waals surface area contributed by atoms with E-state index in [1.54, 1.807) is 6.92 Å². The van der Waals surface area contributed by atoms with Crippen LogP contribution in [0.5, 0.6) is 0 Å². The molecule has 1 heterocycles. The van der Waals surface area contributed by atoms with Crippen LogP contribution in [-0.2, 0) is 14.3 Å². The zero-order valence-corrected chi connectivity index (χ0v) is 8.50. The molecule has 14 heavy (non-hydrogen) atoms. The highest BCUT2D eigenvalue weighted by Gasteiger charge is 2.25. The largest absolute Gasteiger partial charge is 0.467 e. The first-order valence-corrected chi connectivity index (χ1v) is 4.76. The van der Waals surface area contributed by atoms with Gasteiger partial charge in [0.1, 0.15) is 6.04 Å². The van der Waals surface area contributed by atoms with E-state index in [-0.39, 0.29) is 11.9 Å². The number of nitrogens with one attached hydrogen (secondary N) is 2. The standard InChI is InChI=1S/C9H16N2O3/c1-6(9(13)14-2)11-8(12)7-4-3-5-10-7/h6-7,10H,3-5H2,1-2H3,(H,11,12)/t6-,7-/m1/s1. The average molecular weight is 200 g/mol. The van der Waals surface area contributed by atoms with Crippen molar-refractivity contribution in [2.45, 2.75) is 31.8 Å². The van der Waals surface area contributed by atoms with E-state index in [4.69, 9.17) is 0 Å². The molecule has 0 aromatic carbocycles. The Bertz CT molecular complexity index is 224. The van der Waals surface area contributed by atoms with E-state index in [0.717, 1.165) is 19.4 Å². The van der Waals surface area contributed by atoms with E-state index >= 15 is 0 Å². The van der Waals surface area contributed by atoms with Crippen LogP contribution >= 0.6 is 0 Å². The Balaban J connectivity index is 2.35. The van der Waals surface area contributed by atoms with Gasteiger partial charge in [-0.15, -0.1) is 0 Å². The van der Waals surface area contributed by atoms with E-state index in [0.29, 0.717) is 0 Å². The van der Waals surface area contributed by atoms with Crippen molar-refractivity contribution in [1.82, 2.24) is 10.6 Å². The highest BCUT2D eigenvalue weighted by atomic mass is 16.5. The second kappa shape index (κ2) is 4.95. The second-order valence-corrected chi connectivity index (χ2v) is 3.40. The van der Waals surface area contributed by atoms with Gasteiger partial charge >= 0.3 is 5.97 Å². The van der Waals surface area contributed by atoms with Gasteiger partial charge < -0.3 is 15.4 Å². The van der Waals surface area contributed by atoms with Gasteiger partial charge in [-0.2, -0.15) is 0 Å². The van der Waals surface area contributed by atoms with Crippen LogP contribution in [0.15, 0.2) is 0 Å². The minimum Gasteiger partial charge on any atom is -0.467 e. The molecule has 0 unspecified atom stereocenters. The number of carbonyl (C=O) groups excluding carboxylic acids is 2. The lowest BCUT2D eigenvalue weighted by Gasteiger charge is -2.15. The normalized spacial score (nSPS) is 22.9. The van der Waals surface area contributed by atoms with E-state index in [1.165, 1.54) is 7.11 Å². The second-order valence-electron chi connectivity index (χ2n) is 3.40. The molecular weight excluding hydrogens is 184 g/mol. The van der Waals surface area contributed by atoms with Gasteiger partial charge in [0.25, 0.3) is 0 Å². The molecule has 1 aliphatic rings. The van der Waals surface area contributed by atoms with Crippen LogP contribution in [0.3, 0.4) is 0 Å². The molecule has 1 aliphatic heterocycles. The van der Waals surface area contributed by atoms with Crippen molar-refractivity contribution in [2.24, 2.45) is 0 Å². The summed E-state index contributed by atoms with van der Waals surface area (Å²) in [5.74, 6) is -0.545. The Morgan fingerprint density at radius 3 is 2.79 bits per heavy atom. The fourth-order valence-corrected chi connectivity index (χ4v) is 1.46. The number of rotatable bonds is 3. The van der Waals surface area contributed by atoms with Crippen LogP contribution in [0.2, 0.25) is 0 Å². The number of carbonyl (C=O) groups is 2. The summed E-state index contributed by atoms with van der Waals surface area (Å²) in [5.41, 5.74) is 0. The van der Waals surface area contributed by atoms with Crippen molar-refractivity contribution >= 4 is 11.9 Å². The van der Waals surface area contributed by atoms with Crippen LogP contribution in [-0.4, -0.2) is 37.6 Å². The molecule has 0 aromatic rings. The smallest absolute Gasteiger partial charge is 0.328 e. The van der Waals surface area contributed by atoms with E-state index in [2.05, 4.69) is 15.4 Å². The third kappa shape index (κ3) is 2.70. The fraction of sp³-hybridized carbons (Fsp3) is 0.778. The third-order valence-corrected chi connectivity index (χ3v) is 2.29. The van der Waals surface area contributed by atoms with E-state index in [9.17, 15) is 9.59 Å².